The van der Waals surface area contributed by atoms with Crippen LogP contribution in [0.25, 0.3) is 0 Å². The summed E-state index contributed by atoms with van der Waals surface area (Å²) >= 11 is 0. The molecule has 0 atom stereocenters. The lowest BCUT2D eigenvalue weighted by atomic mass is 9.79. The summed E-state index contributed by atoms with van der Waals surface area (Å²) in [5.74, 6) is 4.12. The Bertz CT molecular complexity index is 383. The molecule has 1 aliphatic carbocycles. The molecule has 2 rings (SSSR count). The van der Waals surface area contributed by atoms with Gasteiger partial charge in [-0.15, -0.1) is 13.0 Å². The Morgan fingerprint density at radius 3 is 2.25 bits per heavy atom. The van der Waals surface area contributed by atoms with E-state index in [0.717, 1.165) is 17.4 Å². The smallest absolute Gasteiger partial charge is 0.0242 e. The number of allylic oxidation sites excluding steroid dienone is 1. The van der Waals surface area contributed by atoms with Crippen LogP contribution >= 0.6 is 0 Å². The summed E-state index contributed by atoms with van der Waals surface area (Å²) in [4.78, 5) is 0. The normalized spacial score (nSPS) is 24.7. The van der Waals surface area contributed by atoms with Crippen LogP contribution in [0.15, 0.2) is 36.9 Å². The molecule has 0 spiro atoms. The zero-order valence-corrected chi connectivity index (χ0v) is 9.65. The van der Waals surface area contributed by atoms with Crippen LogP contribution in [0.3, 0.4) is 0 Å². The van der Waals surface area contributed by atoms with Gasteiger partial charge in [-0.05, 0) is 55.2 Å². The van der Waals surface area contributed by atoms with Gasteiger partial charge in [0.25, 0.3) is 0 Å². The van der Waals surface area contributed by atoms with E-state index in [9.17, 15) is 0 Å². The molecule has 1 aromatic carbocycles. The highest BCUT2D eigenvalue weighted by molar-refractivity contribution is 5.35. The van der Waals surface area contributed by atoms with Gasteiger partial charge in [0.05, 0.1) is 0 Å². The molecule has 1 aliphatic rings. The molecule has 1 aromatic rings. The van der Waals surface area contributed by atoms with Crippen LogP contribution in [-0.4, -0.2) is 0 Å². The molecular formula is C16H18. The lowest BCUT2D eigenvalue weighted by Crippen LogP contribution is -2.11. The third kappa shape index (κ3) is 2.36. The topological polar surface area (TPSA) is 0 Å². The minimum atomic E-state index is 0.725. The minimum Gasteiger partial charge on any atom is -0.115 e. The quantitative estimate of drug-likeness (QED) is 0.508. The zero-order chi connectivity index (χ0) is 11.4. The van der Waals surface area contributed by atoms with Crippen LogP contribution in [0, 0.1) is 18.3 Å². The zero-order valence-electron chi connectivity index (χ0n) is 9.65. The van der Waals surface area contributed by atoms with E-state index < -0.39 is 0 Å². The van der Waals surface area contributed by atoms with Crippen molar-refractivity contribution in [2.24, 2.45) is 5.92 Å². The van der Waals surface area contributed by atoms with E-state index in [1.807, 2.05) is 0 Å². The van der Waals surface area contributed by atoms with E-state index in [1.54, 1.807) is 0 Å². The molecule has 0 heteroatoms. The Hall–Kier alpha value is -1.48. The number of benzene rings is 1. The van der Waals surface area contributed by atoms with Gasteiger partial charge in [-0.1, -0.05) is 24.1 Å². The van der Waals surface area contributed by atoms with Crippen molar-refractivity contribution >= 4 is 0 Å². The van der Waals surface area contributed by atoms with Crippen molar-refractivity contribution in [3.63, 3.8) is 0 Å². The summed E-state index contributed by atoms with van der Waals surface area (Å²) in [7, 11) is 0. The fourth-order valence-electron chi connectivity index (χ4n) is 2.54. The van der Waals surface area contributed by atoms with Crippen LogP contribution in [0.5, 0.6) is 0 Å². The summed E-state index contributed by atoms with van der Waals surface area (Å²) in [5, 5.41) is 0. The van der Waals surface area contributed by atoms with Crippen molar-refractivity contribution in [1.82, 2.24) is 0 Å². The van der Waals surface area contributed by atoms with Gasteiger partial charge in [-0.25, -0.2) is 0 Å². The highest BCUT2D eigenvalue weighted by atomic mass is 14.2. The van der Waals surface area contributed by atoms with Gasteiger partial charge in [-0.3, -0.25) is 0 Å². The molecule has 0 heterocycles. The van der Waals surface area contributed by atoms with Gasteiger partial charge in [0.15, 0.2) is 0 Å². The summed E-state index contributed by atoms with van der Waals surface area (Å²) in [6.45, 7) is 3.88. The fraction of sp³-hybridized carbons (Fsp3) is 0.375. The monoisotopic (exact) mass is 210 g/mol. The van der Waals surface area contributed by atoms with Gasteiger partial charge >= 0.3 is 0 Å². The molecule has 0 nitrogen and oxygen atoms in total. The molecular weight excluding hydrogens is 192 g/mol. The first-order valence-electron chi connectivity index (χ1n) is 6.02. The molecule has 0 bridgehead atoms. The SMILES string of the molecule is C#Cc1ccc(C2CCC(C=C)CC2)cc1. The average Bonchev–Trinajstić information content (AvgIpc) is 2.39. The summed E-state index contributed by atoms with van der Waals surface area (Å²) in [5.41, 5.74) is 2.42. The van der Waals surface area contributed by atoms with Gasteiger partial charge in [0.2, 0.25) is 0 Å². The average molecular weight is 210 g/mol. The van der Waals surface area contributed by atoms with Crippen LogP contribution in [0.4, 0.5) is 0 Å². The van der Waals surface area contributed by atoms with E-state index in [2.05, 4.69) is 42.8 Å². The molecule has 16 heavy (non-hydrogen) atoms. The molecule has 82 valence electrons. The van der Waals surface area contributed by atoms with Crippen LogP contribution < -0.4 is 0 Å². The van der Waals surface area contributed by atoms with Crippen molar-refractivity contribution < 1.29 is 0 Å². The Labute approximate surface area is 98.4 Å². The maximum Gasteiger partial charge on any atom is 0.0242 e. The molecule has 0 radical (unpaired) electrons. The van der Waals surface area contributed by atoms with Gasteiger partial charge in [-0.2, -0.15) is 0 Å². The first kappa shape index (κ1) is 11.0. The van der Waals surface area contributed by atoms with Crippen molar-refractivity contribution in [2.75, 3.05) is 0 Å². The standard InChI is InChI=1S/C16H18/c1-3-13-5-9-15(10-6-13)16-11-7-14(4-2)8-12-16/h1,4-6,9-10,14,16H,2,7-8,11-12H2. The second kappa shape index (κ2) is 5.03. The molecule has 0 N–H and O–H groups in total. The summed E-state index contributed by atoms with van der Waals surface area (Å²) in [6.07, 6.45) is 12.6. The van der Waals surface area contributed by atoms with Gasteiger partial charge < -0.3 is 0 Å². The first-order valence-corrected chi connectivity index (χ1v) is 6.02. The minimum absolute atomic E-state index is 0.725. The Morgan fingerprint density at radius 1 is 1.12 bits per heavy atom. The van der Waals surface area contributed by atoms with Gasteiger partial charge in [0.1, 0.15) is 0 Å². The van der Waals surface area contributed by atoms with E-state index in [4.69, 9.17) is 6.42 Å². The largest absolute Gasteiger partial charge is 0.115 e. The second-order valence-electron chi connectivity index (χ2n) is 4.61. The Balaban J connectivity index is 2.03. The predicted octanol–water partition coefficient (Wildman–Crippen LogP) is 4.13. The summed E-state index contributed by atoms with van der Waals surface area (Å²) < 4.78 is 0. The number of hydrogen-bond acceptors (Lipinski definition) is 0. The van der Waals surface area contributed by atoms with Crippen molar-refractivity contribution in [2.45, 2.75) is 31.6 Å². The lowest BCUT2D eigenvalue weighted by Gasteiger charge is -2.26. The van der Waals surface area contributed by atoms with Crippen LogP contribution in [-0.2, 0) is 0 Å². The number of rotatable bonds is 2. The van der Waals surface area contributed by atoms with Crippen molar-refractivity contribution in [3.05, 3.63) is 48.0 Å². The third-order valence-corrected chi connectivity index (χ3v) is 3.65. The molecule has 0 aromatic heterocycles. The third-order valence-electron chi connectivity index (χ3n) is 3.65. The van der Waals surface area contributed by atoms with Crippen molar-refractivity contribution in [1.29, 1.82) is 0 Å². The van der Waals surface area contributed by atoms with Crippen molar-refractivity contribution in [3.8, 4) is 12.3 Å². The maximum absolute atomic E-state index is 5.35. The Morgan fingerprint density at radius 2 is 1.75 bits per heavy atom. The number of terminal acetylenes is 1. The fourth-order valence-corrected chi connectivity index (χ4v) is 2.54. The predicted molar refractivity (Wildman–Crippen MR) is 69.3 cm³/mol. The molecule has 0 unspecified atom stereocenters. The van der Waals surface area contributed by atoms with Gasteiger partial charge in [0, 0.05) is 5.56 Å². The molecule has 0 saturated heterocycles. The molecule has 0 amide bonds. The Kier molecular flexibility index (Phi) is 3.47. The molecule has 1 fully saturated rings. The van der Waals surface area contributed by atoms with Crippen LogP contribution in [0.2, 0.25) is 0 Å². The summed E-state index contributed by atoms with van der Waals surface area (Å²) in [6, 6.07) is 8.48. The molecule has 1 saturated carbocycles. The first-order chi connectivity index (χ1) is 7.83. The van der Waals surface area contributed by atoms with E-state index in [-0.39, 0.29) is 0 Å². The van der Waals surface area contributed by atoms with Crippen LogP contribution in [0.1, 0.15) is 42.7 Å². The lowest BCUT2D eigenvalue weighted by molar-refractivity contribution is 0.376. The molecule has 0 aliphatic heterocycles. The van der Waals surface area contributed by atoms with E-state index in [1.165, 1.54) is 31.2 Å². The van der Waals surface area contributed by atoms with E-state index >= 15 is 0 Å². The number of hydrogen-bond donors (Lipinski definition) is 0. The van der Waals surface area contributed by atoms with E-state index in [0.29, 0.717) is 0 Å². The highest BCUT2D eigenvalue weighted by Gasteiger charge is 2.20. The second-order valence-corrected chi connectivity index (χ2v) is 4.61. The maximum atomic E-state index is 5.35. The highest BCUT2D eigenvalue weighted by Crippen LogP contribution is 2.35.